The van der Waals surface area contributed by atoms with Crippen LogP contribution >= 0.6 is 0 Å². The standard InChI is InChI=1S/C19H32N2O3/c1-14-13-21(3)15(2)11-19(14,22)8-9-20-12-16-6-7-17(23-4)18(10-16)24-5/h6-7,10,14-15,20,22H,8-9,11-13H2,1-5H3/t14-,15-,19+/m0/s1. The highest BCUT2D eigenvalue weighted by atomic mass is 16.5. The van der Waals surface area contributed by atoms with Crippen LogP contribution in [0, 0.1) is 5.92 Å². The number of nitrogens with zero attached hydrogens (tertiary/aromatic N) is 1. The molecular weight excluding hydrogens is 304 g/mol. The number of ether oxygens (including phenoxy) is 2. The van der Waals surface area contributed by atoms with E-state index in [1.54, 1.807) is 14.2 Å². The zero-order valence-electron chi connectivity index (χ0n) is 15.6. The number of aliphatic hydroxyl groups is 1. The molecule has 1 heterocycles. The monoisotopic (exact) mass is 336 g/mol. The Morgan fingerprint density at radius 3 is 2.62 bits per heavy atom. The quantitative estimate of drug-likeness (QED) is 0.748. The molecule has 0 unspecified atom stereocenters. The number of rotatable bonds is 7. The van der Waals surface area contributed by atoms with E-state index in [0.29, 0.717) is 12.0 Å². The van der Waals surface area contributed by atoms with Gasteiger partial charge in [0.1, 0.15) is 0 Å². The van der Waals surface area contributed by atoms with Crippen molar-refractivity contribution in [2.45, 2.75) is 44.9 Å². The first kappa shape index (κ1) is 19.0. The number of piperidine rings is 1. The van der Waals surface area contributed by atoms with Crippen molar-refractivity contribution >= 4 is 0 Å². The van der Waals surface area contributed by atoms with Crippen molar-refractivity contribution in [3.8, 4) is 11.5 Å². The van der Waals surface area contributed by atoms with Crippen molar-refractivity contribution in [3.05, 3.63) is 23.8 Å². The van der Waals surface area contributed by atoms with Crippen LogP contribution in [0.3, 0.4) is 0 Å². The van der Waals surface area contributed by atoms with E-state index in [4.69, 9.17) is 9.47 Å². The lowest BCUT2D eigenvalue weighted by atomic mass is 9.77. The highest BCUT2D eigenvalue weighted by molar-refractivity contribution is 5.42. The van der Waals surface area contributed by atoms with Gasteiger partial charge in [-0.15, -0.1) is 0 Å². The van der Waals surface area contributed by atoms with Gasteiger partial charge in [-0.25, -0.2) is 0 Å². The average molecular weight is 336 g/mol. The summed E-state index contributed by atoms with van der Waals surface area (Å²) in [5, 5.41) is 14.4. The van der Waals surface area contributed by atoms with Crippen molar-refractivity contribution in [2.75, 3.05) is 34.4 Å². The maximum Gasteiger partial charge on any atom is 0.161 e. The Balaban J connectivity index is 1.84. The number of hydrogen-bond donors (Lipinski definition) is 2. The molecule has 0 radical (unpaired) electrons. The van der Waals surface area contributed by atoms with E-state index in [-0.39, 0.29) is 0 Å². The van der Waals surface area contributed by atoms with Crippen molar-refractivity contribution in [3.63, 3.8) is 0 Å². The van der Waals surface area contributed by atoms with Crippen molar-refractivity contribution < 1.29 is 14.6 Å². The normalized spacial score (nSPS) is 27.9. The Morgan fingerprint density at radius 2 is 1.96 bits per heavy atom. The van der Waals surface area contributed by atoms with Gasteiger partial charge in [0.25, 0.3) is 0 Å². The fourth-order valence-electron chi connectivity index (χ4n) is 3.53. The fourth-order valence-corrected chi connectivity index (χ4v) is 3.53. The van der Waals surface area contributed by atoms with Gasteiger partial charge in [0.2, 0.25) is 0 Å². The van der Waals surface area contributed by atoms with Gasteiger partial charge in [-0.3, -0.25) is 0 Å². The van der Waals surface area contributed by atoms with Gasteiger partial charge in [-0.1, -0.05) is 13.0 Å². The Bertz CT molecular complexity index is 537. The van der Waals surface area contributed by atoms with Gasteiger partial charge >= 0.3 is 0 Å². The molecule has 2 N–H and O–H groups in total. The Labute approximate surface area is 146 Å². The molecule has 2 rings (SSSR count). The van der Waals surface area contributed by atoms with Crippen LogP contribution in [0.1, 0.15) is 32.3 Å². The molecule has 1 aromatic carbocycles. The number of hydrogen-bond acceptors (Lipinski definition) is 5. The van der Waals surface area contributed by atoms with E-state index in [9.17, 15) is 5.11 Å². The second-order valence-electron chi connectivity index (χ2n) is 7.11. The summed E-state index contributed by atoms with van der Waals surface area (Å²) in [4.78, 5) is 2.33. The van der Waals surface area contributed by atoms with E-state index in [2.05, 4.69) is 31.1 Å². The minimum Gasteiger partial charge on any atom is -0.493 e. The fraction of sp³-hybridized carbons (Fsp3) is 0.684. The highest BCUT2D eigenvalue weighted by Crippen LogP contribution is 2.33. The minimum absolute atomic E-state index is 0.293. The van der Waals surface area contributed by atoms with Crippen LogP contribution in [-0.4, -0.2) is 56.0 Å². The van der Waals surface area contributed by atoms with Crippen molar-refractivity contribution in [1.29, 1.82) is 0 Å². The average Bonchev–Trinajstić information content (AvgIpc) is 2.57. The number of methoxy groups -OCH3 is 2. The summed E-state index contributed by atoms with van der Waals surface area (Å²) in [7, 11) is 5.42. The molecule has 0 aromatic heterocycles. The molecule has 3 atom stereocenters. The van der Waals surface area contributed by atoms with Gasteiger partial charge in [0.15, 0.2) is 11.5 Å². The summed E-state index contributed by atoms with van der Waals surface area (Å²) >= 11 is 0. The molecule has 5 nitrogen and oxygen atoms in total. The molecule has 136 valence electrons. The Kier molecular flexibility index (Phi) is 6.49. The van der Waals surface area contributed by atoms with Crippen molar-refractivity contribution in [1.82, 2.24) is 10.2 Å². The molecule has 24 heavy (non-hydrogen) atoms. The van der Waals surface area contributed by atoms with Gasteiger partial charge in [0, 0.05) is 19.1 Å². The van der Waals surface area contributed by atoms with Gasteiger partial charge in [-0.2, -0.15) is 0 Å². The molecule has 1 fully saturated rings. The molecule has 1 saturated heterocycles. The first-order valence-corrected chi connectivity index (χ1v) is 8.74. The van der Waals surface area contributed by atoms with Crippen LogP contribution in [0.15, 0.2) is 18.2 Å². The summed E-state index contributed by atoms with van der Waals surface area (Å²) in [6, 6.07) is 6.37. The smallest absolute Gasteiger partial charge is 0.161 e. The topological polar surface area (TPSA) is 54.0 Å². The number of nitrogens with one attached hydrogen (secondary N) is 1. The van der Waals surface area contributed by atoms with E-state index < -0.39 is 5.60 Å². The predicted octanol–water partition coefficient (Wildman–Crippen LogP) is 2.27. The van der Waals surface area contributed by atoms with Crippen LogP contribution in [0.4, 0.5) is 0 Å². The molecule has 1 aliphatic rings. The van der Waals surface area contributed by atoms with Gasteiger partial charge in [0.05, 0.1) is 19.8 Å². The second-order valence-corrected chi connectivity index (χ2v) is 7.11. The maximum atomic E-state index is 11.0. The van der Waals surface area contributed by atoms with E-state index >= 15 is 0 Å². The van der Waals surface area contributed by atoms with Crippen LogP contribution < -0.4 is 14.8 Å². The lowest BCUT2D eigenvalue weighted by molar-refractivity contribution is -0.0831. The SMILES string of the molecule is COc1ccc(CNCC[C@@]2(O)C[C@H](C)N(C)C[C@@H]2C)cc1OC. The Morgan fingerprint density at radius 1 is 1.25 bits per heavy atom. The summed E-state index contributed by atoms with van der Waals surface area (Å²) in [6.07, 6.45) is 1.61. The molecule has 0 saturated carbocycles. The Hall–Kier alpha value is -1.30. The third kappa shape index (κ3) is 4.41. The molecule has 0 bridgehead atoms. The summed E-state index contributed by atoms with van der Waals surface area (Å²) in [5.41, 5.74) is 0.570. The summed E-state index contributed by atoms with van der Waals surface area (Å²) < 4.78 is 10.6. The molecular formula is C19H32N2O3. The predicted molar refractivity (Wildman–Crippen MR) is 96.7 cm³/mol. The van der Waals surface area contributed by atoms with Crippen LogP contribution in [0.2, 0.25) is 0 Å². The largest absolute Gasteiger partial charge is 0.493 e. The van der Waals surface area contributed by atoms with Crippen LogP contribution in [-0.2, 0) is 6.54 Å². The highest BCUT2D eigenvalue weighted by Gasteiger charge is 2.40. The van der Waals surface area contributed by atoms with E-state index in [0.717, 1.165) is 49.5 Å². The minimum atomic E-state index is -0.573. The number of likely N-dealkylation sites (tertiary alicyclic amines) is 1. The summed E-state index contributed by atoms with van der Waals surface area (Å²) in [6.45, 7) is 6.84. The molecule has 0 amide bonds. The molecule has 0 spiro atoms. The second kappa shape index (κ2) is 8.19. The molecule has 5 heteroatoms. The van der Waals surface area contributed by atoms with Crippen LogP contribution in [0.5, 0.6) is 11.5 Å². The first-order chi connectivity index (χ1) is 11.4. The van der Waals surface area contributed by atoms with Crippen LogP contribution in [0.25, 0.3) is 0 Å². The third-order valence-electron chi connectivity index (χ3n) is 5.39. The molecule has 1 aromatic rings. The zero-order chi connectivity index (χ0) is 17.7. The van der Waals surface area contributed by atoms with Gasteiger partial charge in [-0.05, 0) is 57.0 Å². The lowest BCUT2D eigenvalue weighted by Crippen LogP contribution is -2.54. The molecule has 0 aliphatic carbocycles. The summed E-state index contributed by atoms with van der Waals surface area (Å²) in [5.74, 6) is 1.78. The molecule has 1 aliphatic heterocycles. The van der Waals surface area contributed by atoms with Gasteiger partial charge < -0.3 is 24.8 Å². The van der Waals surface area contributed by atoms with Crippen molar-refractivity contribution in [2.24, 2.45) is 5.92 Å². The first-order valence-electron chi connectivity index (χ1n) is 8.74. The maximum absolute atomic E-state index is 11.0. The third-order valence-corrected chi connectivity index (χ3v) is 5.39. The van der Waals surface area contributed by atoms with E-state index in [1.165, 1.54) is 0 Å². The lowest BCUT2D eigenvalue weighted by Gasteiger charge is -2.46. The zero-order valence-corrected chi connectivity index (χ0v) is 15.6. The van der Waals surface area contributed by atoms with E-state index in [1.807, 2.05) is 18.2 Å². The number of benzene rings is 1.